The van der Waals surface area contributed by atoms with E-state index >= 15 is 0 Å². The monoisotopic (exact) mass is 181 g/mol. The van der Waals surface area contributed by atoms with E-state index in [1.807, 2.05) is 0 Å². The van der Waals surface area contributed by atoms with E-state index in [1.54, 1.807) is 0 Å². The third kappa shape index (κ3) is 2.32. The molecule has 74 valence electrons. The molecule has 1 aliphatic heterocycles. The fraction of sp³-hybridized carbons (Fsp3) is 0.857. The van der Waals surface area contributed by atoms with Gasteiger partial charge >= 0.3 is 7.39 Å². The second-order valence-corrected chi connectivity index (χ2v) is 3.04. The molecule has 0 aliphatic carbocycles. The number of hydrogen-bond acceptors (Lipinski definition) is 0. The summed E-state index contributed by atoms with van der Waals surface area (Å²) in [5, 5.41) is 0. The Morgan fingerprint density at radius 1 is 1.08 bits per heavy atom. The van der Waals surface area contributed by atoms with Gasteiger partial charge in [-0.15, -0.1) is 0 Å². The molecule has 0 aromatic heterocycles. The van der Waals surface area contributed by atoms with Gasteiger partial charge in [-0.2, -0.15) is 0 Å². The molecule has 0 unspecified atom stereocenters. The minimum atomic E-state index is 0. The Bertz CT molecular complexity index is 159. The van der Waals surface area contributed by atoms with Crippen LogP contribution in [0.15, 0.2) is 0 Å². The first-order chi connectivity index (χ1) is 4.63. The maximum Gasteiger partial charge on any atom is 1.00 e. The predicted molar refractivity (Wildman–Crippen MR) is 43.5 cm³/mol. The molecule has 1 saturated heterocycles. The van der Waals surface area contributed by atoms with E-state index in [4.69, 9.17) is 0 Å². The Balaban J connectivity index is -0.000000333. The van der Waals surface area contributed by atoms with Gasteiger partial charge in [-0.05, 0) is 0 Å². The molecule has 1 heterocycles. The first kappa shape index (κ1) is 13.7. The maximum absolute atomic E-state index is 2.26. The predicted octanol–water partition coefficient (Wildman–Crippen LogP) is -6.39. The van der Waals surface area contributed by atoms with Crippen molar-refractivity contribution in [3.63, 3.8) is 0 Å². The average molecular weight is 181 g/mol. The van der Waals surface area contributed by atoms with Gasteiger partial charge in [0.15, 0.2) is 0 Å². The molecule has 1 rings (SSSR count). The van der Waals surface area contributed by atoms with Crippen LogP contribution in [0.3, 0.4) is 0 Å². The quantitative estimate of drug-likeness (QED) is 0.344. The highest BCUT2D eigenvalue weighted by Crippen LogP contribution is 2.01. The Morgan fingerprint density at radius 2 is 1.42 bits per heavy atom. The molecule has 0 saturated carbocycles. The van der Waals surface area contributed by atoms with Crippen molar-refractivity contribution in [2.24, 2.45) is 0 Å². The highest BCUT2D eigenvalue weighted by Gasteiger charge is 2.28. The van der Waals surface area contributed by atoms with Crippen molar-refractivity contribution < 1.29 is 15.4 Å². The maximum atomic E-state index is 2.26. The summed E-state index contributed by atoms with van der Waals surface area (Å²) in [6, 6.07) is 0. The lowest BCUT2D eigenvalue weighted by Crippen LogP contribution is -3.00. The summed E-state index contributed by atoms with van der Waals surface area (Å²) >= 11 is 0. The normalized spacial score (nSPS) is 15.5. The highest BCUT2D eigenvalue weighted by atomic mass is 19.0. The van der Waals surface area contributed by atoms with Crippen molar-refractivity contribution in [3.05, 3.63) is 0 Å². The number of rotatable bonds is 0. The number of nitrogens with zero attached hydrogens (tertiary/aromatic N) is 3. The van der Waals surface area contributed by atoms with Crippen LogP contribution in [0.1, 0.15) is 1.43 Å². The number of hydrogen-bond donors (Lipinski definition) is 0. The van der Waals surface area contributed by atoms with Crippen LogP contribution < -0.4 is 9.41 Å². The topological polar surface area (TPSA) is 9.49 Å². The van der Waals surface area contributed by atoms with Gasteiger partial charge < -0.3 is 9.41 Å². The van der Waals surface area contributed by atoms with E-state index in [1.165, 1.54) is 5.96 Å². The summed E-state index contributed by atoms with van der Waals surface area (Å²) in [7, 11) is 8.40. The van der Waals surface area contributed by atoms with E-state index in [0.717, 1.165) is 13.1 Å². The zero-order valence-electron chi connectivity index (χ0n) is 9.01. The molecular weight excluding hydrogens is 164 g/mol. The van der Waals surface area contributed by atoms with Crippen molar-refractivity contribution in [2.75, 3.05) is 41.3 Å². The first-order valence-electron chi connectivity index (χ1n) is 3.59. The standard InChI is InChI=1S/C7H16N3.2FH/c1-8(2)7-9(3)5-6-10(7)4;;/h5-6H2,1-4H3;2*1H/q+1;;/p-1. The van der Waals surface area contributed by atoms with Crippen LogP contribution >= 0.6 is 0 Å². The van der Waals surface area contributed by atoms with Crippen LogP contribution in [0.5, 0.6) is 0 Å². The van der Waals surface area contributed by atoms with Gasteiger partial charge in [0, 0.05) is 0 Å². The molecule has 3 nitrogen and oxygen atoms in total. The smallest absolute Gasteiger partial charge is 1.00 e. The minimum Gasteiger partial charge on any atom is -1.00 e. The molecule has 1 aliphatic rings. The van der Waals surface area contributed by atoms with E-state index in [0.29, 0.717) is 0 Å². The molecule has 12 heavy (non-hydrogen) atoms. The van der Waals surface area contributed by atoms with Crippen molar-refractivity contribution >= 4 is 5.96 Å². The molecule has 0 spiro atoms. The van der Waals surface area contributed by atoms with E-state index in [9.17, 15) is 0 Å². The Morgan fingerprint density at radius 3 is 1.58 bits per heavy atom. The van der Waals surface area contributed by atoms with Crippen LogP contribution in [0.4, 0.5) is 0 Å². The van der Waals surface area contributed by atoms with Gasteiger partial charge in [0.25, 0.3) is 0 Å². The molecular formula is C7H17F2N3. The first-order valence-corrected chi connectivity index (χ1v) is 3.59. The molecule has 0 N–H and O–H groups in total. The van der Waals surface area contributed by atoms with Crippen LogP contribution in [0.25, 0.3) is 0 Å². The van der Waals surface area contributed by atoms with Gasteiger partial charge in [-0.3, -0.25) is 14.4 Å². The fourth-order valence-corrected chi connectivity index (χ4v) is 1.47. The zero-order valence-corrected chi connectivity index (χ0v) is 8.01. The lowest BCUT2D eigenvalue weighted by atomic mass is 10.6. The second kappa shape index (κ2) is 4.90. The lowest BCUT2D eigenvalue weighted by molar-refractivity contribution is -0.474. The van der Waals surface area contributed by atoms with Crippen molar-refractivity contribution in [3.8, 4) is 0 Å². The van der Waals surface area contributed by atoms with Gasteiger partial charge in [-0.25, -0.2) is 0 Å². The SMILES string of the molecule is CN1CCN(C)C1=[N+](C)C.[F-].[F-].[H+]. The third-order valence-electron chi connectivity index (χ3n) is 1.85. The van der Waals surface area contributed by atoms with E-state index in [-0.39, 0.29) is 10.8 Å². The third-order valence-corrected chi connectivity index (χ3v) is 1.85. The molecule has 0 aromatic rings. The minimum absolute atomic E-state index is 0. The summed E-state index contributed by atoms with van der Waals surface area (Å²) in [6.45, 7) is 2.29. The summed E-state index contributed by atoms with van der Waals surface area (Å²) in [6.07, 6.45) is 0. The fourth-order valence-electron chi connectivity index (χ4n) is 1.47. The second-order valence-electron chi connectivity index (χ2n) is 3.04. The Kier molecular flexibility index (Phi) is 5.59. The van der Waals surface area contributed by atoms with E-state index < -0.39 is 0 Å². The largest absolute Gasteiger partial charge is 1.00 e. The van der Waals surface area contributed by atoms with Crippen LogP contribution in [-0.4, -0.2) is 61.6 Å². The van der Waals surface area contributed by atoms with Crippen molar-refractivity contribution in [1.29, 1.82) is 0 Å². The van der Waals surface area contributed by atoms with Gasteiger partial charge in [0.2, 0.25) is 0 Å². The van der Waals surface area contributed by atoms with Crippen LogP contribution in [0, 0.1) is 0 Å². The van der Waals surface area contributed by atoms with E-state index in [2.05, 4.69) is 42.6 Å². The molecule has 0 amide bonds. The molecule has 0 atom stereocenters. The number of guanidine groups is 1. The molecule has 0 aromatic carbocycles. The zero-order chi connectivity index (χ0) is 7.72. The lowest BCUT2D eigenvalue weighted by Gasteiger charge is -2.10. The average Bonchev–Trinajstić information content (AvgIpc) is 2.11. The molecule has 0 radical (unpaired) electrons. The van der Waals surface area contributed by atoms with Crippen molar-refractivity contribution in [1.82, 2.24) is 9.80 Å². The molecule has 1 fully saturated rings. The number of halogens is 2. The summed E-state index contributed by atoms with van der Waals surface area (Å²) in [5.41, 5.74) is 0. The highest BCUT2D eigenvalue weighted by molar-refractivity contribution is 5.76. The molecule has 5 heteroatoms. The van der Waals surface area contributed by atoms with Gasteiger partial charge in [0.05, 0.1) is 41.3 Å². The van der Waals surface area contributed by atoms with Crippen molar-refractivity contribution in [2.45, 2.75) is 0 Å². The Hall–Kier alpha value is -0.870. The number of likely N-dealkylation sites (N-methyl/N-ethyl adjacent to an activating group) is 2. The van der Waals surface area contributed by atoms with Gasteiger partial charge in [0.1, 0.15) is 0 Å². The summed E-state index contributed by atoms with van der Waals surface area (Å²) in [5.74, 6) is 1.31. The van der Waals surface area contributed by atoms with Crippen LogP contribution in [-0.2, 0) is 0 Å². The Labute approximate surface area is 73.5 Å². The van der Waals surface area contributed by atoms with Crippen LogP contribution in [0.2, 0.25) is 0 Å². The summed E-state index contributed by atoms with van der Waals surface area (Å²) in [4.78, 5) is 4.53. The van der Waals surface area contributed by atoms with Gasteiger partial charge in [-0.1, -0.05) is 0 Å². The summed E-state index contributed by atoms with van der Waals surface area (Å²) < 4.78 is 2.15. The molecule has 0 bridgehead atoms.